The third-order valence-corrected chi connectivity index (χ3v) is 3.62. The average Bonchev–Trinajstić information content (AvgIpc) is 2.41. The molecule has 0 unspecified atom stereocenters. The molecule has 1 aromatic rings. The van der Waals surface area contributed by atoms with E-state index in [0.717, 1.165) is 23.4 Å². The summed E-state index contributed by atoms with van der Waals surface area (Å²) in [7, 11) is 0. The normalized spacial score (nSPS) is 10.9. The van der Waals surface area contributed by atoms with Crippen LogP contribution in [0.2, 0.25) is 0 Å². The van der Waals surface area contributed by atoms with Crippen molar-refractivity contribution >= 4 is 15.9 Å². The van der Waals surface area contributed by atoms with E-state index in [2.05, 4.69) is 34.7 Å². The minimum atomic E-state index is 0.768. The molecule has 0 saturated heterocycles. The van der Waals surface area contributed by atoms with Crippen LogP contribution in [0.1, 0.15) is 39.5 Å². The summed E-state index contributed by atoms with van der Waals surface area (Å²) in [4.78, 5) is 2.52. The number of hydrogen-bond donors (Lipinski definition) is 0. The highest BCUT2D eigenvalue weighted by Gasteiger charge is 2.04. The molecule has 0 N–H and O–H groups in total. The molecule has 0 aliphatic rings. The van der Waals surface area contributed by atoms with E-state index in [-0.39, 0.29) is 0 Å². The smallest absolute Gasteiger partial charge is 0.120 e. The van der Waals surface area contributed by atoms with Crippen molar-refractivity contribution in [2.75, 3.05) is 26.2 Å². The van der Waals surface area contributed by atoms with Gasteiger partial charge in [-0.05, 0) is 44.1 Å². The Bertz CT molecular complexity index is 335. The Labute approximate surface area is 126 Å². The van der Waals surface area contributed by atoms with Crippen LogP contribution in [0.4, 0.5) is 0 Å². The summed E-state index contributed by atoms with van der Waals surface area (Å²) in [5.41, 5.74) is 0. The Morgan fingerprint density at radius 1 is 1.05 bits per heavy atom. The molecule has 0 amide bonds. The SMILES string of the molecule is CCCCN(CCCC)CCOc1cccc(Br)c1. The molecular weight excluding hydrogens is 302 g/mol. The topological polar surface area (TPSA) is 12.5 Å². The summed E-state index contributed by atoms with van der Waals surface area (Å²) >= 11 is 3.46. The van der Waals surface area contributed by atoms with Crippen molar-refractivity contribution in [1.82, 2.24) is 4.90 Å². The Kier molecular flexibility index (Phi) is 8.93. The van der Waals surface area contributed by atoms with Gasteiger partial charge in [0.2, 0.25) is 0 Å². The monoisotopic (exact) mass is 327 g/mol. The molecule has 1 aromatic carbocycles. The summed E-state index contributed by atoms with van der Waals surface area (Å²) in [6.07, 6.45) is 5.07. The maximum atomic E-state index is 5.81. The fourth-order valence-electron chi connectivity index (χ4n) is 1.95. The van der Waals surface area contributed by atoms with Gasteiger partial charge >= 0.3 is 0 Å². The Hall–Kier alpha value is -0.540. The van der Waals surface area contributed by atoms with Gasteiger partial charge in [0.25, 0.3) is 0 Å². The predicted octanol–water partition coefficient (Wildman–Crippen LogP) is 4.73. The molecule has 0 aliphatic carbocycles. The zero-order valence-electron chi connectivity index (χ0n) is 12.2. The van der Waals surface area contributed by atoms with Crippen LogP contribution in [0.25, 0.3) is 0 Å². The van der Waals surface area contributed by atoms with Crippen molar-refractivity contribution in [3.63, 3.8) is 0 Å². The number of ether oxygens (including phenoxy) is 1. The highest BCUT2D eigenvalue weighted by molar-refractivity contribution is 9.10. The fourth-order valence-corrected chi connectivity index (χ4v) is 2.33. The fraction of sp³-hybridized carbons (Fsp3) is 0.625. The lowest BCUT2D eigenvalue weighted by atomic mass is 10.2. The maximum absolute atomic E-state index is 5.81. The zero-order chi connectivity index (χ0) is 13.9. The molecule has 0 aromatic heterocycles. The lowest BCUT2D eigenvalue weighted by molar-refractivity contribution is 0.204. The number of halogens is 1. The van der Waals surface area contributed by atoms with E-state index in [1.54, 1.807) is 0 Å². The molecular formula is C16H26BrNO. The number of benzene rings is 1. The highest BCUT2D eigenvalue weighted by Crippen LogP contribution is 2.17. The molecule has 1 rings (SSSR count). The lowest BCUT2D eigenvalue weighted by Crippen LogP contribution is -2.30. The van der Waals surface area contributed by atoms with Crippen LogP contribution in [0.15, 0.2) is 28.7 Å². The van der Waals surface area contributed by atoms with Crippen LogP contribution < -0.4 is 4.74 Å². The summed E-state index contributed by atoms with van der Waals surface area (Å²) in [5.74, 6) is 0.945. The number of nitrogens with zero attached hydrogens (tertiary/aromatic N) is 1. The zero-order valence-corrected chi connectivity index (χ0v) is 13.8. The van der Waals surface area contributed by atoms with E-state index >= 15 is 0 Å². The van der Waals surface area contributed by atoms with E-state index in [1.165, 1.54) is 38.8 Å². The third-order valence-electron chi connectivity index (χ3n) is 3.13. The van der Waals surface area contributed by atoms with Gasteiger partial charge in [-0.3, -0.25) is 4.90 Å². The van der Waals surface area contributed by atoms with Gasteiger partial charge < -0.3 is 4.74 Å². The molecule has 0 saturated carbocycles. The van der Waals surface area contributed by atoms with Gasteiger partial charge in [0.1, 0.15) is 12.4 Å². The molecule has 0 fully saturated rings. The quantitative estimate of drug-likeness (QED) is 0.616. The van der Waals surface area contributed by atoms with E-state index < -0.39 is 0 Å². The minimum Gasteiger partial charge on any atom is -0.492 e. The van der Waals surface area contributed by atoms with Crippen molar-refractivity contribution in [2.24, 2.45) is 0 Å². The lowest BCUT2D eigenvalue weighted by Gasteiger charge is -2.22. The van der Waals surface area contributed by atoms with E-state index in [0.29, 0.717) is 0 Å². The van der Waals surface area contributed by atoms with Crippen molar-refractivity contribution in [1.29, 1.82) is 0 Å². The van der Waals surface area contributed by atoms with Crippen LogP contribution in [0.5, 0.6) is 5.75 Å². The largest absolute Gasteiger partial charge is 0.492 e. The van der Waals surface area contributed by atoms with Crippen LogP contribution in [0.3, 0.4) is 0 Å². The second kappa shape index (κ2) is 10.3. The Morgan fingerprint density at radius 3 is 2.32 bits per heavy atom. The predicted molar refractivity (Wildman–Crippen MR) is 85.9 cm³/mol. The second-order valence-electron chi connectivity index (χ2n) is 4.85. The van der Waals surface area contributed by atoms with Crippen molar-refractivity contribution < 1.29 is 4.74 Å². The first-order valence-corrected chi connectivity index (χ1v) is 8.16. The standard InChI is InChI=1S/C16H26BrNO/c1-3-5-10-18(11-6-4-2)12-13-19-16-9-7-8-15(17)14-16/h7-9,14H,3-6,10-13H2,1-2H3. The van der Waals surface area contributed by atoms with E-state index in [4.69, 9.17) is 4.74 Å². The Balaban J connectivity index is 2.29. The summed E-state index contributed by atoms with van der Waals surface area (Å²) in [5, 5.41) is 0. The molecule has 0 heterocycles. The first-order valence-electron chi connectivity index (χ1n) is 7.37. The van der Waals surface area contributed by atoms with Crippen LogP contribution in [0, 0.1) is 0 Å². The summed E-state index contributed by atoms with van der Waals surface area (Å²) in [6.45, 7) is 8.67. The molecule has 108 valence electrons. The van der Waals surface area contributed by atoms with Gasteiger partial charge in [-0.2, -0.15) is 0 Å². The maximum Gasteiger partial charge on any atom is 0.120 e. The van der Waals surface area contributed by atoms with Crippen molar-refractivity contribution in [2.45, 2.75) is 39.5 Å². The minimum absolute atomic E-state index is 0.768. The summed E-state index contributed by atoms with van der Waals surface area (Å²) in [6, 6.07) is 8.04. The van der Waals surface area contributed by atoms with Gasteiger partial charge in [0.15, 0.2) is 0 Å². The number of unbranched alkanes of at least 4 members (excludes halogenated alkanes) is 2. The Morgan fingerprint density at radius 2 is 1.74 bits per heavy atom. The average molecular weight is 328 g/mol. The molecule has 19 heavy (non-hydrogen) atoms. The van der Waals surface area contributed by atoms with E-state index in [9.17, 15) is 0 Å². The van der Waals surface area contributed by atoms with Crippen LogP contribution in [-0.4, -0.2) is 31.1 Å². The highest BCUT2D eigenvalue weighted by atomic mass is 79.9. The third kappa shape index (κ3) is 7.58. The van der Waals surface area contributed by atoms with Gasteiger partial charge in [-0.1, -0.05) is 48.7 Å². The number of rotatable bonds is 10. The van der Waals surface area contributed by atoms with Crippen LogP contribution in [-0.2, 0) is 0 Å². The molecule has 0 atom stereocenters. The van der Waals surface area contributed by atoms with Gasteiger partial charge in [0.05, 0.1) is 0 Å². The van der Waals surface area contributed by atoms with Crippen molar-refractivity contribution in [3.05, 3.63) is 28.7 Å². The first-order chi connectivity index (χ1) is 9.26. The molecule has 2 nitrogen and oxygen atoms in total. The summed E-state index contributed by atoms with van der Waals surface area (Å²) < 4.78 is 6.87. The molecule has 0 spiro atoms. The molecule has 3 heteroatoms. The van der Waals surface area contributed by atoms with Gasteiger partial charge in [0, 0.05) is 11.0 Å². The number of hydrogen-bond acceptors (Lipinski definition) is 2. The van der Waals surface area contributed by atoms with Crippen LogP contribution >= 0.6 is 15.9 Å². The molecule has 0 bridgehead atoms. The molecule has 0 aliphatic heterocycles. The van der Waals surface area contributed by atoms with Gasteiger partial charge in [-0.15, -0.1) is 0 Å². The van der Waals surface area contributed by atoms with Gasteiger partial charge in [-0.25, -0.2) is 0 Å². The van der Waals surface area contributed by atoms with Crippen molar-refractivity contribution in [3.8, 4) is 5.75 Å². The second-order valence-corrected chi connectivity index (χ2v) is 5.77. The molecule has 0 radical (unpaired) electrons. The first kappa shape index (κ1) is 16.5. The van der Waals surface area contributed by atoms with E-state index in [1.807, 2.05) is 24.3 Å².